The molecule has 140 valence electrons. The summed E-state index contributed by atoms with van der Waals surface area (Å²) in [7, 11) is -3.47. The predicted octanol–water partition coefficient (Wildman–Crippen LogP) is 2.70. The lowest BCUT2D eigenvalue weighted by Gasteiger charge is -2.08. The number of hydrogen-bond donors (Lipinski definition) is 1. The Labute approximate surface area is 158 Å². The number of benzene rings is 2. The smallest absolute Gasteiger partial charge is 0.344 e. The summed E-state index contributed by atoms with van der Waals surface area (Å²) in [6.45, 7) is 2.26. The fourth-order valence-electron chi connectivity index (χ4n) is 2.00. The van der Waals surface area contributed by atoms with Gasteiger partial charge in [0.2, 0.25) is 10.0 Å². The molecule has 8 heteroatoms. The lowest BCUT2D eigenvalue weighted by atomic mass is 10.3. The summed E-state index contributed by atoms with van der Waals surface area (Å²) in [6.07, 6.45) is 0. The molecule has 0 fully saturated rings. The van der Waals surface area contributed by atoms with Crippen LogP contribution in [-0.2, 0) is 19.6 Å². The third kappa shape index (κ3) is 6.70. The highest BCUT2D eigenvalue weighted by molar-refractivity contribution is 7.99. The average Bonchev–Trinajstić information content (AvgIpc) is 2.65. The minimum Gasteiger partial charge on any atom is -0.482 e. The molecule has 0 aliphatic carbocycles. The van der Waals surface area contributed by atoms with Crippen molar-refractivity contribution in [3.05, 3.63) is 54.6 Å². The highest BCUT2D eigenvalue weighted by Gasteiger charge is 2.12. The standard InChI is InChI=1S/C18H21NO5S2/c1-2-23-18(20)14-24-15-8-10-16(11-9-15)25-13-12-19-26(21,22)17-6-4-3-5-7-17/h3-11,19H,2,12-14H2,1H3. The molecule has 0 aromatic heterocycles. The van der Waals surface area contributed by atoms with Crippen LogP contribution in [0.1, 0.15) is 6.92 Å². The van der Waals surface area contributed by atoms with Crippen molar-refractivity contribution in [2.45, 2.75) is 16.7 Å². The molecule has 2 aromatic rings. The Balaban J connectivity index is 1.74. The summed E-state index contributed by atoms with van der Waals surface area (Å²) in [5.41, 5.74) is 0. The van der Waals surface area contributed by atoms with E-state index in [1.165, 1.54) is 11.8 Å². The third-order valence-electron chi connectivity index (χ3n) is 3.20. The van der Waals surface area contributed by atoms with Crippen LogP contribution in [0, 0.1) is 0 Å². The van der Waals surface area contributed by atoms with E-state index in [-0.39, 0.29) is 11.5 Å². The number of nitrogens with one attached hydrogen (secondary N) is 1. The lowest BCUT2D eigenvalue weighted by molar-refractivity contribution is -0.145. The molecule has 0 amide bonds. The first-order valence-electron chi connectivity index (χ1n) is 8.07. The van der Waals surface area contributed by atoms with E-state index >= 15 is 0 Å². The van der Waals surface area contributed by atoms with E-state index in [1.807, 2.05) is 12.1 Å². The van der Waals surface area contributed by atoms with Crippen LogP contribution in [0.5, 0.6) is 5.75 Å². The molecule has 0 saturated carbocycles. The second kappa shape index (κ2) is 10.2. The zero-order valence-electron chi connectivity index (χ0n) is 14.4. The van der Waals surface area contributed by atoms with Crippen LogP contribution < -0.4 is 9.46 Å². The zero-order valence-corrected chi connectivity index (χ0v) is 16.0. The van der Waals surface area contributed by atoms with E-state index < -0.39 is 16.0 Å². The van der Waals surface area contributed by atoms with Crippen molar-refractivity contribution in [3.8, 4) is 5.75 Å². The molecule has 0 atom stereocenters. The van der Waals surface area contributed by atoms with Crippen LogP contribution in [0.3, 0.4) is 0 Å². The number of rotatable bonds is 10. The van der Waals surface area contributed by atoms with Gasteiger partial charge in [-0.2, -0.15) is 0 Å². The molecule has 0 bridgehead atoms. The molecule has 6 nitrogen and oxygen atoms in total. The minimum absolute atomic E-state index is 0.123. The van der Waals surface area contributed by atoms with E-state index in [0.29, 0.717) is 24.7 Å². The van der Waals surface area contributed by atoms with Crippen LogP contribution >= 0.6 is 11.8 Å². The Morgan fingerprint density at radius 1 is 1.08 bits per heavy atom. The molecule has 2 rings (SSSR count). The maximum absolute atomic E-state index is 12.1. The van der Waals surface area contributed by atoms with Crippen molar-refractivity contribution in [2.75, 3.05) is 25.5 Å². The van der Waals surface area contributed by atoms with Crippen LogP contribution in [0.2, 0.25) is 0 Å². The molecule has 0 radical (unpaired) electrons. The van der Waals surface area contributed by atoms with Gasteiger partial charge in [-0.1, -0.05) is 18.2 Å². The maximum Gasteiger partial charge on any atom is 0.344 e. The van der Waals surface area contributed by atoms with E-state index in [4.69, 9.17) is 9.47 Å². The molecule has 0 aliphatic rings. The molecular weight excluding hydrogens is 374 g/mol. The topological polar surface area (TPSA) is 81.7 Å². The summed E-state index contributed by atoms with van der Waals surface area (Å²) in [5.74, 6) is 0.763. The van der Waals surface area contributed by atoms with Crippen LogP contribution in [0.25, 0.3) is 0 Å². The van der Waals surface area contributed by atoms with Crippen molar-refractivity contribution >= 4 is 27.8 Å². The van der Waals surface area contributed by atoms with Gasteiger partial charge in [0.15, 0.2) is 6.61 Å². The maximum atomic E-state index is 12.1. The van der Waals surface area contributed by atoms with Gasteiger partial charge in [-0.05, 0) is 43.3 Å². The average molecular weight is 396 g/mol. The number of esters is 1. The van der Waals surface area contributed by atoms with Gasteiger partial charge in [0.25, 0.3) is 0 Å². The summed E-state index contributed by atoms with van der Waals surface area (Å²) in [4.78, 5) is 12.5. The van der Waals surface area contributed by atoms with E-state index in [9.17, 15) is 13.2 Å². The van der Waals surface area contributed by atoms with Crippen LogP contribution in [0.4, 0.5) is 0 Å². The zero-order chi connectivity index (χ0) is 18.8. The second-order valence-corrected chi connectivity index (χ2v) is 8.06. The number of sulfonamides is 1. The number of carbonyl (C=O) groups excluding carboxylic acids is 1. The number of ether oxygens (including phenoxy) is 2. The van der Waals surface area contributed by atoms with Crippen molar-refractivity contribution in [1.82, 2.24) is 4.72 Å². The SMILES string of the molecule is CCOC(=O)COc1ccc(SCCNS(=O)(=O)c2ccccc2)cc1. The highest BCUT2D eigenvalue weighted by atomic mass is 32.2. The largest absolute Gasteiger partial charge is 0.482 e. The molecule has 0 aliphatic heterocycles. The Hall–Kier alpha value is -2.03. The van der Waals surface area contributed by atoms with Gasteiger partial charge in [0.05, 0.1) is 11.5 Å². The fourth-order valence-corrected chi connectivity index (χ4v) is 3.96. The number of hydrogen-bond acceptors (Lipinski definition) is 6. The quantitative estimate of drug-likeness (QED) is 0.378. The van der Waals surface area contributed by atoms with Gasteiger partial charge in [-0.15, -0.1) is 11.8 Å². The van der Waals surface area contributed by atoms with Gasteiger partial charge < -0.3 is 9.47 Å². The Bertz CT molecular complexity index is 792. The van der Waals surface area contributed by atoms with E-state index in [2.05, 4.69) is 4.72 Å². The van der Waals surface area contributed by atoms with E-state index in [0.717, 1.165) is 4.90 Å². The van der Waals surface area contributed by atoms with Crippen molar-refractivity contribution < 1.29 is 22.7 Å². The monoisotopic (exact) mass is 395 g/mol. The first kappa shape index (κ1) is 20.3. The molecule has 0 unspecified atom stereocenters. The fraction of sp³-hybridized carbons (Fsp3) is 0.278. The summed E-state index contributed by atoms with van der Waals surface area (Å²) in [6, 6.07) is 15.5. The number of thioether (sulfide) groups is 1. The first-order valence-corrected chi connectivity index (χ1v) is 10.5. The van der Waals surface area contributed by atoms with Crippen molar-refractivity contribution in [3.63, 3.8) is 0 Å². The van der Waals surface area contributed by atoms with Gasteiger partial charge in [-0.3, -0.25) is 0 Å². The lowest BCUT2D eigenvalue weighted by Crippen LogP contribution is -2.25. The predicted molar refractivity (Wildman–Crippen MR) is 101 cm³/mol. The van der Waals surface area contributed by atoms with E-state index in [1.54, 1.807) is 49.4 Å². The molecule has 2 aromatic carbocycles. The van der Waals surface area contributed by atoms with Gasteiger partial charge in [0, 0.05) is 17.2 Å². The normalized spacial score (nSPS) is 11.1. The summed E-state index contributed by atoms with van der Waals surface area (Å²) < 4.78 is 36.9. The number of carbonyl (C=O) groups is 1. The Morgan fingerprint density at radius 3 is 2.42 bits per heavy atom. The van der Waals surface area contributed by atoms with Crippen molar-refractivity contribution in [2.24, 2.45) is 0 Å². The summed E-state index contributed by atoms with van der Waals surface area (Å²) in [5, 5.41) is 0. The molecule has 1 N–H and O–H groups in total. The Morgan fingerprint density at radius 2 is 1.77 bits per heavy atom. The molecule has 0 heterocycles. The van der Waals surface area contributed by atoms with Gasteiger partial charge in [0.1, 0.15) is 5.75 Å². The molecular formula is C18H21NO5S2. The van der Waals surface area contributed by atoms with Crippen LogP contribution in [-0.4, -0.2) is 39.9 Å². The molecule has 0 spiro atoms. The summed E-state index contributed by atoms with van der Waals surface area (Å²) >= 11 is 1.52. The molecule has 26 heavy (non-hydrogen) atoms. The minimum atomic E-state index is -3.47. The van der Waals surface area contributed by atoms with Gasteiger partial charge >= 0.3 is 5.97 Å². The third-order valence-corrected chi connectivity index (χ3v) is 5.69. The van der Waals surface area contributed by atoms with Crippen LogP contribution in [0.15, 0.2) is 64.4 Å². The second-order valence-electron chi connectivity index (χ2n) is 5.12. The highest BCUT2D eigenvalue weighted by Crippen LogP contribution is 2.21. The van der Waals surface area contributed by atoms with Gasteiger partial charge in [-0.25, -0.2) is 17.9 Å². The molecule has 0 saturated heterocycles. The first-order chi connectivity index (χ1) is 12.5. The van der Waals surface area contributed by atoms with Crippen molar-refractivity contribution in [1.29, 1.82) is 0 Å². The Kier molecular flexibility index (Phi) is 7.96.